The minimum atomic E-state index is -0.509. The summed E-state index contributed by atoms with van der Waals surface area (Å²) in [4.78, 5) is 28.7. The first kappa shape index (κ1) is 19.7. The highest BCUT2D eigenvalue weighted by atomic mass is 32.1. The van der Waals surface area contributed by atoms with Crippen LogP contribution in [0.1, 0.15) is 16.1 Å². The number of H-pyrrole nitrogens is 1. The van der Waals surface area contributed by atoms with Crippen LogP contribution in [-0.2, 0) is 15.2 Å². The van der Waals surface area contributed by atoms with Crippen LogP contribution in [0, 0.1) is 0 Å². The quantitative estimate of drug-likeness (QED) is 0.372. The summed E-state index contributed by atoms with van der Waals surface area (Å²) in [5.41, 5.74) is 3.98. The minimum absolute atomic E-state index is 0.210. The number of carbonyl (C=O) groups excluding carboxylic acids is 1. The van der Waals surface area contributed by atoms with Crippen LogP contribution in [-0.4, -0.2) is 64.5 Å². The number of aromatic nitrogens is 5. The zero-order chi connectivity index (χ0) is 21.4. The number of methoxy groups -OCH3 is 1. The van der Waals surface area contributed by atoms with Crippen molar-refractivity contribution < 1.29 is 14.3 Å². The molecule has 5 rings (SSSR count). The van der Waals surface area contributed by atoms with E-state index < -0.39 is 5.97 Å². The lowest BCUT2D eigenvalue weighted by Crippen LogP contribution is -2.37. The van der Waals surface area contributed by atoms with Crippen molar-refractivity contribution in [3.63, 3.8) is 0 Å². The molecule has 10 heteroatoms. The van der Waals surface area contributed by atoms with E-state index in [9.17, 15) is 4.79 Å². The Bertz CT molecular complexity index is 1290. The number of anilines is 1. The summed E-state index contributed by atoms with van der Waals surface area (Å²) in [6.45, 7) is 2.52. The summed E-state index contributed by atoms with van der Waals surface area (Å²) in [5.74, 6) is 1.11. The number of thiol groups is 1. The number of fused-ring (bicyclic) bond motifs is 2. The Morgan fingerprint density at radius 2 is 2.06 bits per heavy atom. The van der Waals surface area contributed by atoms with E-state index in [0.717, 1.165) is 22.0 Å². The van der Waals surface area contributed by atoms with Crippen LogP contribution in [0.15, 0.2) is 30.5 Å². The second-order valence-corrected chi connectivity index (χ2v) is 7.44. The topological polar surface area (TPSA) is 106 Å². The summed E-state index contributed by atoms with van der Waals surface area (Å²) in [6, 6.07) is 7.55. The summed E-state index contributed by atoms with van der Waals surface area (Å²) in [5, 5.41) is 8.07. The third-order valence-electron chi connectivity index (χ3n) is 5.31. The van der Waals surface area contributed by atoms with Crippen molar-refractivity contribution in [1.82, 2.24) is 25.1 Å². The van der Waals surface area contributed by atoms with Crippen molar-refractivity contribution >= 4 is 46.4 Å². The van der Waals surface area contributed by atoms with E-state index in [-0.39, 0.29) is 5.69 Å². The van der Waals surface area contributed by atoms with Crippen molar-refractivity contribution in [2.45, 2.75) is 5.75 Å². The first-order valence-electron chi connectivity index (χ1n) is 9.85. The molecule has 1 aliphatic rings. The largest absolute Gasteiger partial charge is 0.464 e. The number of hydrogen-bond donors (Lipinski definition) is 2. The molecule has 31 heavy (non-hydrogen) atoms. The molecule has 1 N–H and O–H groups in total. The van der Waals surface area contributed by atoms with Gasteiger partial charge in [-0.3, -0.25) is 5.10 Å². The van der Waals surface area contributed by atoms with Crippen molar-refractivity contribution in [1.29, 1.82) is 0 Å². The number of ether oxygens (including phenoxy) is 2. The van der Waals surface area contributed by atoms with E-state index in [0.29, 0.717) is 54.7 Å². The van der Waals surface area contributed by atoms with Gasteiger partial charge in [0, 0.05) is 29.8 Å². The van der Waals surface area contributed by atoms with Crippen molar-refractivity contribution in [3.05, 3.63) is 41.7 Å². The molecule has 3 aromatic heterocycles. The summed E-state index contributed by atoms with van der Waals surface area (Å²) >= 11 is 4.47. The van der Waals surface area contributed by atoms with Gasteiger partial charge in [-0.25, -0.2) is 19.7 Å². The van der Waals surface area contributed by atoms with E-state index in [4.69, 9.17) is 19.4 Å². The number of morpholine rings is 1. The molecule has 0 saturated carbocycles. The predicted octanol–water partition coefficient (Wildman–Crippen LogP) is 2.62. The average Bonchev–Trinajstić information content (AvgIpc) is 3.31. The van der Waals surface area contributed by atoms with Gasteiger partial charge in [-0.15, -0.1) is 0 Å². The molecule has 0 spiro atoms. The van der Waals surface area contributed by atoms with Crippen LogP contribution in [0.4, 0.5) is 5.82 Å². The van der Waals surface area contributed by atoms with Crippen LogP contribution in [0.3, 0.4) is 0 Å². The third-order valence-corrected chi connectivity index (χ3v) is 5.65. The van der Waals surface area contributed by atoms with Crippen LogP contribution < -0.4 is 4.90 Å². The normalized spacial score (nSPS) is 14.3. The molecule has 1 fully saturated rings. The predicted molar refractivity (Wildman–Crippen MR) is 119 cm³/mol. The molecule has 158 valence electrons. The fourth-order valence-corrected chi connectivity index (χ4v) is 4.01. The minimum Gasteiger partial charge on any atom is -0.464 e. The van der Waals surface area contributed by atoms with Gasteiger partial charge in [0.15, 0.2) is 11.6 Å². The summed E-state index contributed by atoms with van der Waals surface area (Å²) in [7, 11) is 1.34. The van der Waals surface area contributed by atoms with E-state index >= 15 is 0 Å². The zero-order valence-corrected chi connectivity index (χ0v) is 17.7. The van der Waals surface area contributed by atoms with Gasteiger partial charge in [0.2, 0.25) is 0 Å². The van der Waals surface area contributed by atoms with E-state index in [1.807, 2.05) is 18.2 Å². The number of nitrogens with zero attached hydrogens (tertiary/aromatic N) is 5. The van der Waals surface area contributed by atoms with Gasteiger partial charge in [-0.2, -0.15) is 17.7 Å². The highest BCUT2D eigenvalue weighted by Gasteiger charge is 2.23. The molecule has 9 nitrogen and oxygen atoms in total. The molecule has 0 unspecified atom stereocenters. The van der Waals surface area contributed by atoms with Crippen molar-refractivity contribution in [3.8, 4) is 11.4 Å². The molecule has 1 saturated heterocycles. The maximum absolute atomic E-state index is 12.2. The number of carbonyl (C=O) groups is 1. The average molecular weight is 436 g/mol. The Morgan fingerprint density at radius 1 is 1.23 bits per heavy atom. The first-order chi connectivity index (χ1) is 15.2. The lowest BCUT2D eigenvalue weighted by molar-refractivity contribution is 0.0594. The Kier molecular flexibility index (Phi) is 5.16. The smallest absolute Gasteiger partial charge is 0.356 e. The first-order valence-corrected chi connectivity index (χ1v) is 10.5. The SMILES string of the molecule is COC(=O)c1cc(CS)c2nc(-c3cccc4[nH]ncc34)nc(N3CCOCC3)c2n1. The Balaban J connectivity index is 1.80. The molecule has 0 bridgehead atoms. The van der Waals surface area contributed by atoms with Gasteiger partial charge >= 0.3 is 5.97 Å². The molecular formula is C21H20N6O3S. The summed E-state index contributed by atoms with van der Waals surface area (Å²) in [6.07, 6.45) is 1.77. The highest BCUT2D eigenvalue weighted by Crippen LogP contribution is 2.32. The van der Waals surface area contributed by atoms with Crippen LogP contribution in [0.5, 0.6) is 0 Å². The molecule has 1 aromatic carbocycles. The second kappa shape index (κ2) is 8.12. The Hall–Kier alpha value is -3.24. The summed E-state index contributed by atoms with van der Waals surface area (Å²) < 4.78 is 10.4. The molecule has 4 heterocycles. The molecule has 1 aliphatic heterocycles. The fourth-order valence-electron chi connectivity index (χ4n) is 3.76. The van der Waals surface area contributed by atoms with Crippen LogP contribution >= 0.6 is 12.6 Å². The van der Waals surface area contributed by atoms with Gasteiger partial charge in [-0.1, -0.05) is 12.1 Å². The molecular weight excluding hydrogens is 416 g/mol. The second-order valence-electron chi connectivity index (χ2n) is 7.12. The highest BCUT2D eigenvalue weighted by molar-refractivity contribution is 7.79. The lowest BCUT2D eigenvalue weighted by atomic mass is 10.1. The van der Waals surface area contributed by atoms with Gasteiger partial charge in [0.05, 0.1) is 37.6 Å². The Labute approximate surface area is 183 Å². The van der Waals surface area contributed by atoms with Gasteiger partial charge < -0.3 is 14.4 Å². The van der Waals surface area contributed by atoms with Gasteiger partial charge in [0.25, 0.3) is 0 Å². The van der Waals surface area contributed by atoms with E-state index in [1.54, 1.807) is 12.3 Å². The number of benzene rings is 1. The standard InChI is InChI=1S/C21H20N6O3S/c1-29-21(28)16-9-12(11-31)17-18(23-16)20(27-5-7-30-8-6-27)25-19(24-17)13-3-2-4-15-14(13)10-22-26-15/h2-4,9-10,31H,5-8,11H2,1H3,(H,22,26). The number of esters is 1. The lowest BCUT2D eigenvalue weighted by Gasteiger charge is -2.28. The number of hydrogen-bond acceptors (Lipinski definition) is 9. The van der Waals surface area contributed by atoms with Gasteiger partial charge in [-0.05, 0) is 17.7 Å². The van der Waals surface area contributed by atoms with Crippen molar-refractivity contribution in [2.24, 2.45) is 0 Å². The van der Waals surface area contributed by atoms with Crippen LogP contribution in [0.25, 0.3) is 33.3 Å². The maximum atomic E-state index is 12.2. The molecule has 4 aromatic rings. The number of nitrogens with one attached hydrogen (secondary N) is 1. The molecule has 0 amide bonds. The molecule has 0 radical (unpaired) electrons. The monoisotopic (exact) mass is 436 g/mol. The number of pyridine rings is 1. The third kappa shape index (κ3) is 3.47. The number of rotatable bonds is 4. The fraction of sp³-hybridized carbons (Fsp3) is 0.286. The van der Waals surface area contributed by atoms with Crippen LogP contribution in [0.2, 0.25) is 0 Å². The maximum Gasteiger partial charge on any atom is 0.356 e. The zero-order valence-electron chi connectivity index (χ0n) is 16.8. The van der Waals surface area contributed by atoms with E-state index in [1.165, 1.54) is 7.11 Å². The Morgan fingerprint density at radius 3 is 2.84 bits per heavy atom. The van der Waals surface area contributed by atoms with Crippen molar-refractivity contribution in [2.75, 3.05) is 38.3 Å². The van der Waals surface area contributed by atoms with E-state index in [2.05, 4.69) is 32.7 Å². The van der Waals surface area contributed by atoms with Gasteiger partial charge in [0.1, 0.15) is 11.2 Å². The molecule has 0 aliphatic carbocycles. The molecule has 0 atom stereocenters. The number of aromatic amines is 1.